The Morgan fingerprint density at radius 1 is 1.32 bits per heavy atom. The maximum atomic E-state index is 12.3. The minimum atomic E-state index is -0.112. The zero-order valence-electron chi connectivity index (χ0n) is 11.8. The van der Waals surface area contributed by atoms with Crippen LogP contribution in [0.2, 0.25) is 10.0 Å². The molecule has 0 radical (unpaired) electrons. The van der Waals surface area contributed by atoms with E-state index in [9.17, 15) is 4.79 Å². The standard InChI is InChI=1S/C16H15Cl2NO2S/c1-2-7-19(10-13-4-3-8-22-13)16(20)11-21-12-5-6-14(17)15(18)9-12/h2-6,8-9H,1,7,10-11H2. The topological polar surface area (TPSA) is 29.5 Å². The predicted octanol–water partition coefficient (Wildman–Crippen LogP) is 4.65. The van der Waals surface area contributed by atoms with Crippen LogP contribution in [0.1, 0.15) is 4.88 Å². The predicted molar refractivity (Wildman–Crippen MR) is 91.9 cm³/mol. The van der Waals surface area contributed by atoms with Crippen molar-refractivity contribution >= 4 is 40.4 Å². The van der Waals surface area contributed by atoms with Gasteiger partial charge in [0.15, 0.2) is 6.61 Å². The Kier molecular flexibility index (Phi) is 6.31. The molecule has 2 rings (SSSR count). The Hall–Kier alpha value is -1.49. The van der Waals surface area contributed by atoms with Gasteiger partial charge in [0.1, 0.15) is 5.75 Å². The van der Waals surface area contributed by atoms with Gasteiger partial charge in [-0.25, -0.2) is 0 Å². The number of amides is 1. The molecule has 0 aliphatic rings. The van der Waals surface area contributed by atoms with Crippen molar-refractivity contribution in [2.24, 2.45) is 0 Å². The number of carbonyl (C=O) groups is 1. The number of benzene rings is 1. The number of ether oxygens (including phenoxy) is 1. The summed E-state index contributed by atoms with van der Waals surface area (Å²) in [5, 5.41) is 2.83. The Labute approximate surface area is 143 Å². The largest absolute Gasteiger partial charge is 0.484 e. The number of carbonyl (C=O) groups excluding carboxylic acids is 1. The van der Waals surface area contributed by atoms with Gasteiger partial charge in [-0.1, -0.05) is 35.3 Å². The first-order valence-electron chi connectivity index (χ1n) is 6.59. The van der Waals surface area contributed by atoms with Crippen molar-refractivity contribution < 1.29 is 9.53 Å². The third-order valence-electron chi connectivity index (χ3n) is 2.88. The van der Waals surface area contributed by atoms with E-state index in [1.807, 2.05) is 17.5 Å². The Balaban J connectivity index is 1.95. The van der Waals surface area contributed by atoms with Gasteiger partial charge in [-0.15, -0.1) is 17.9 Å². The van der Waals surface area contributed by atoms with Gasteiger partial charge >= 0.3 is 0 Å². The molecule has 3 nitrogen and oxygen atoms in total. The molecule has 116 valence electrons. The molecule has 1 aromatic carbocycles. The van der Waals surface area contributed by atoms with Crippen molar-refractivity contribution in [2.75, 3.05) is 13.2 Å². The van der Waals surface area contributed by atoms with Crippen LogP contribution in [0.4, 0.5) is 0 Å². The zero-order chi connectivity index (χ0) is 15.9. The van der Waals surface area contributed by atoms with Crippen LogP contribution in [0.3, 0.4) is 0 Å². The van der Waals surface area contributed by atoms with E-state index < -0.39 is 0 Å². The monoisotopic (exact) mass is 355 g/mol. The van der Waals surface area contributed by atoms with E-state index in [4.69, 9.17) is 27.9 Å². The molecular weight excluding hydrogens is 341 g/mol. The number of nitrogens with zero attached hydrogens (tertiary/aromatic N) is 1. The van der Waals surface area contributed by atoms with Crippen LogP contribution in [0.5, 0.6) is 5.75 Å². The van der Waals surface area contributed by atoms with E-state index in [2.05, 4.69) is 6.58 Å². The molecule has 0 bridgehead atoms. The highest BCUT2D eigenvalue weighted by Crippen LogP contribution is 2.26. The number of halogens is 2. The molecule has 1 heterocycles. The normalized spacial score (nSPS) is 10.3. The number of thiophene rings is 1. The minimum absolute atomic E-state index is 0.0584. The molecular formula is C16H15Cl2NO2S. The van der Waals surface area contributed by atoms with Crippen LogP contribution in [-0.2, 0) is 11.3 Å². The van der Waals surface area contributed by atoms with Crippen molar-refractivity contribution in [3.05, 3.63) is 63.3 Å². The molecule has 0 spiro atoms. The molecule has 0 saturated heterocycles. The van der Waals surface area contributed by atoms with Gasteiger partial charge in [0, 0.05) is 17.5 Å². The van der Waals surface area contributed by atoms with Crippen molar-refractivity contribution in [2.45, 2.75) is 6.54 Å². The average molecular weight is 356 g/mol. The van der Waals surface area contributed by atoms with Gasteiger partial charge in [0.05, 0.1) is 16.6 Å². The van der Waals surface area contributed by atoms with Crippen LogP contribution < -0.4 is 4.74 Å². The number of hydrogen-bond donors (Lipinski definition) is 0. The lowest BCUT2D eigenvalue weighted by atomic mass is 10.3. The van der Waals surface area contributed by atoms with E-state index in [-0.39, 0.29) is 12.5 Å². The maximum Gasteiger partial charge on any atom is 0.261 e. The van der Waals surface area contributed by atoms with Gasteiger partial charge in [-0.3, -0.25) is 4.79 Å². The molecule has 0 N–H and O–H groups in total. The molecule has 0 fully saturated rings. The van der Waals surface area contributed by atoms with Crippen LogP contribution in [0, 0.1) is 0 Å². The quantitative estimate of drug-likeness (QED) is 0.676. The van der Waals surface area contributed by atoms with Crippen molar-refractivity contribution in [3.8, 4) is 5.75 Å². The van der Waals surface area contributed by atoms with Crippen molar-refractivity contribution in [1.82, 2.24) is 4.90 Å². The third kappa shape index (κ3) is 4.77. The molecule has 0 unspecified atom stereocenters. The Bertz CT molecular complexity index is 644. The summed E-state index contributed by atoms with van der Waals surface area (Å²) < 4.78 is 5.48. The fourth-order valence-corrected chi connectivity index (χ4v) is 2.81. The highest BCUT2D eigenvalue weighted by molar-refractivity contribution is 7.09. The lowest BCUT2D eigenvalue weighted by Gasteiger charge is -2.20. The SMILES string of the molecule is C=CCN(Cc1cccs1)C(=O)COc1ccc(Cl)c(Cl)c1. The smallest absolute Gasteiger partial charge is 0.261 e. The second-order valence-electron chi connectivity index (χ2n) is 4.51. The van der Waals surface area contributed by atoms with Crippen LogP contribution in [-0.4, -0.2) is 24.0 Å². The van der Waals surface area contributed by atoms with Crippen molar-refractivity contribution in [1.29, 1.82) is 0 Å². The molecule has 2 aromatic rings. The van der Waals surface area contributed by atoms with Gasteiger partial charge < -0.3 is 9.64 Å². The Morgan fingerprint density at radius 3 is 2.77 bits per heavy atom. The molecule has 22 heavy (non-hydrogen) atoms. The summed E-state index contributed by atoms with van der Waals surface area (Å²) in [6, 6.07) is 8.86. The molecule has 6 heteroatoms. The molecule has 0 atom stereocenters. The first-order chi connectivity index (χ1) is 10.6. The summed E-state index contributed by atoms with van der Waals surface area (Å²) in [4.78, 5) is 15.1. The van der Waals surface area contributed by atoms with E-state index in [1.165, 1.54) is 0 Å². The fraction of sp³-hybridized carbons (Fsp3) is 0.188. The van der Waals surface area contributed by atoms with Crippen LogP contribution >= 0.6 is 34.5 Å². The third-order valence-corrected chi connectivity index (χ3v) is 4.48. The fourth-order valence-electron chi connectivity index (χ4n) is 1.80. The van der Waals surface area contributed by atoms with Gasteiger partial charge in [0.2, 0.25) is 0 Å². The molecule has 0 aliphatic carbocycles. The molecule has 1 aromatic heterocycles. The number of rotatable bonds is 7. The van der Waals surface area contributed by atoms with Gasteiger partial charge in [-0.05, 0) is 23.6 Å². The van der Waals surface area contributed by atoms with Gasteiger partial charge in [0.25, 0.3) is 5.91 Å². The first-order valence-corrected chi connectivity index (χ1v) is 8.22. The second-order valence-corrected chi connectivity index (χ2v) is 6.35. The summed E-state index contributed by atoms with van der Waals surface area (Å²) in [7, 11) is 0. The molecule has 1 amide bonds. The zero-order valence-corrected chi connectivity index (χ0v) is 14.1. The summed E-state index contributed by atoms with van der Waals surface area (Å²) in [6.07, 6.45) is 1.70. The molecule has 0 aliphatic heterocycles. The second kappa shape index (κ2) is 8.22. The maximum absolute atomic E-state index is 12.3. The average Bonchev–Trinajstić information content (AvgIpc) is 3.01. The summed E-state index contributed by atoms with van der Waals surface area (Å²) >= 11 is 13.4. The molecule has 0 saturated carbocycles. The summed E-state index contributed by atoms with van der Waals surface area (Å²) in [5.74, 6) is 0.400. The Morgan fingerprint density at radius 2 is 2.14 bits per heavy atom. The van der Waals surface area contributed by atoms with E-state index in [0.717, 1.165) is 4.88 Å². The summed E-state index contributed by atoms with van der Waals surface area (Å²) in [6.45, 7) is 4.65. The van der Waals surface area contributed by atoms with E-state index in [1.54, 1.807) is 40.5 Å². The van der Waals surface area contributed by atoms with E-state index >= 15 is 0 Å². The van der Waals surface area contributed by atoms with Crippen LogP contribution in [0.25, 0.3) is 0 Å². The van der Waals surface area contributed by atoms with Crippen LogP contribution in [0.15, 0.2) is 48.4 Å². The lowest BCUT2D eigenvalue weighted by Crippen LogP contribution is -2.34. The lowest BCUT2D eigenvalue weighted by molar-refractivity contribution is -0.133. The summed E-state index contributed by atoms with van der Waals surface area (Å²) in [5.41, 5.74) is 0. The minimum Gasteiger partial charge on any atom is -0.484 e. The number of hydrogen-bond acceptors (Lipinski definition) is 3. The first kappa shape index (κ1) is 16.9. The highest BCUT2D eigenvalue weighted by atomic mass is 35.5. The van der Waals surface area contributed by atoms with E-state index in [0.29, 0.717) is 28.9 Å². The highest BCUT2D eigenvalue weighted by Gasteiger charge is 2.14. The van der Waals surface area contributed by atoms with Gasteiger partial charge in [-0.2, -0.15) is 0 Å². The van der Waals surface area contributed by atoms with Crippen molar-refractivity contribution in [3.63, 3.8) is 0 Å².